The summed E-state index contributed by atoms with van der Waals surface area (Å²) in [4.78, 5) is 0. The van der Waals surface area contributed by atoms with Gasteiger partial charge in [-0.3, -0.25) is 0 Å². The van der Waals surface area contributed by atoms with Crippen molar-refractivity contribution in [3.63, 3.8) is 0 Å². The molecule has 5 rings (SSSR count). The van der Waals surface area contributed by atoms with Gasteiger partial charge in [-0.05, 0) is 52.1 Å². The first-order chi connectivity index (χ1) is 12.6. The molecule has 0 fully saturated rings. The Balaban J connectivity index is 1.81. The van der Waals surface area contributed by atoms with Crippen molar-refractivity contribution < 1.29 is 0 Å². The molecule has 128 valence electrons. The molecule has 3 aromatic carbocycles. The van der Waals surface area contributed by atoms with E-state index in [4.69, 9.17) is 0 Å². The number of hydrogen-bond acceptors (Lipinski definition) is 0. The Labute approximate surface area is 156 Å². The molecule has 0 heteroatoms. The van der Waals surface area contributed by atoms with Crippen LogP contribution in [0.3, 0.4) is 0 Å². The summed E-state index contributed by atoms with van der Waals surface area (Å²) in [6.07, 6.45) is 2.55. The number of fused-ring (bicyclic) bond motifs is 5. The maximum atomic E-state index is 2.55. The van der Waals surface area contributed by atoms with Gasteiger partial charge in [0.1, 0.15) is 0 Å². The summed E-state index contributed by atoms with van der Waals surface area (Å²) in [5.41, 5.74) is 10.0. The SMILES string of the molecule is Cc1ccc2c(c1)[C@@H](C)[C@@H]1C=C(c3ccccc3)c3ccccc3[C@]21C. The summed E-state index contributed by atoms with van der Waals surface area (Å²) in [5.74, 6) is 1.02. The Morgan fingerprint density at radius 2 is 1.54 bits per heavy atom. The number of hydrogen-bond donors (Lipinski definition) is 0. The Hall–Kier alpha value is -2.60. The molecule has 0 radical (unpaired) electrons. The van der Waals surface area contributed by atoms with Crippen molar-refractivity contribution >= 4 is 5.57 Å². The minimum atomic E-state index is 0.0529. The average Bonchev–Trinajstić information content (AvgIpc) is 2.89. The van der Waals surface area contributed by atoms with Crippen LogP contribution in [0.4, 0.5) is 0 Å². The average molecular weight is 336 g/mol. The van der Waals surface area contributed by atoms with Crippen LogP contribution in [0, 0.1) is 12.8 Å². The first-order valence-corrected chi connectivity index (χ1v) is 9.59. The molecule has 2 aliphatic carbocycles. The van der Waals surface area contributed by atoms with Crippen molar-refractivity contribution in [2.75, 3.05) is 0 Å². The lowest BCUT2D eigenvalue weighted by atomic mass is 9.63. The maximum absolute atomic E-state index is 2.55. The molecule has 0 nitrogen and oxygen atoms in total. The molecule has 2 aliphatic rings. The summed E-state index contributed by atoms with van der Waals surface area (Å²) >= 11 is 0. The predicted molar refractivity (Wildman–Crippen MR) is 110 cm³/mol. The van der Waals surface area contributed by atoms with Crippen molar-refractivity contribution in [2.45, 2.75) is 32.1 Å². The Bertz CT molecular complexity index is 1020. The van der Waals surface area contributed by atoms with Crippen molar-refractivity contribution in [1.82, 2.24) is 0 Å². The second kappa shape index (κ2) is 5.45. The van der Waals surface area contributed by atoms with Crippen molar-refractivity contribution in [3.8, 4) is 0 Å². The molecule has 0 aliphatic heterocycles. The van der Waals surface area contributed by atoms with Gasteiger partial charge in [-0.2, -0.15) is 0 Å². The summed E-state index contributed by atoms with van der Waals surface area (Å²) < 4.78 is 0. The summed E-state index contributed by atoms with van der Waals surface area (Å²) in [5, 5.41) is 0. The molecule has 0 bridgehead atoms. The fraction of sp³-hybridized carbons (Fsp3) is 0.231. The molecule has 0 heterocycles. The van der Waals surface area contributed by atoms with E-state index in [1.54, 1.807) is 0 Å². The van der Waals surface area contributed by atoms with Crippen molar-refractivity contribution in [2.24, 2.45) is 5.92 Å². The van der Waals surface area contributed by atoms with E-state index in [9.17, 15) is 0 Å². The molecule has 0 amide bonds. The van der Waals surface area contributed by atoms with Gasteiger partial charge in [0.25, 0.3) is 0 Å². The van der Waals surface area contributed by atoms with E-state index in [-0.39, 0.29) is 5.41 Å². The van der Waals surface area contributed by atoms with Crippen LogP contribution in [-0.4, -0.2) is 0 Å². The second-order valence-corrected chi connectivity index (χ2v) is 8.10. The minimum Gasteiger partial charge on any atom is -0.0711 e. The largest absolute Gasteiger partial charge is 0.0711 e. The predicted octanol–water partition coefficient (Wildman–Crippen LogP) is 6.48. The van der Waals surface area contributed by atoms with Gasteiger partial charge in [-0.1, -0.05) is 98.3 Å². The van der Waals surface area contributed by atoms with Crippen LogP contribution < -0.4 is 0 Å². The van der Waals surface area contributed by atoms with Crippen LogP contribution in [0.25, 0.3) is 5.57 Å². The normalized spacial score (nSPS) is 25.9. The topological polar surface area (TPSA) is 0 Å². The molecule has 3 atom stereocenters. The fourth-order valence-corrected chi connectivity index (χ4v) is 5.35. The van der Waals surface area contributed by atoms with E-state index < -0.39 is 0 Å². The van der Waals surface area contributed by atoms with Crippen LogP contribution in [0.1, 0.15) is 53.1 Å². The highest BCUT2D eigenvalue weighted by molar-refractivity contribution is 5.85. The molecule has 0 unspecified atom stereocenters. The first kappa shape index (κ1) is 15.6. The first-order valence-electron chi connectivity index (χ1n) is 9.59. The zero-order valence-corrected chi connectivity index (χ0v) is 15.7. The van der Waals surface area contributed by atoms with Crippen LogP contribution in [-0.2, 0) is 5.41 Å². The van der Waals surface area contributed by atoms with Crippen molar-refractivity contribution in [3.05, 3.63) is 112 Å². The molecule has 0 aromatic heterocycles. The quantitative estimate of drug-likeness (QED) is 0.477. The minimum absolute atomic E-state index is 0.0529. The molecule has 0 spiro atoms. The molecular weight excluding hydrogens is 312 g/mol. The lowest BCUT2D eigenvalue weighted by Crippen LogP contribution is -2.33. The van der Waals surface area contributed by atoms with Gasteiger partial charge in [-0.15, -0.1) is 0 Å². The van der Waals surface area contributed by atoms with Gasteiger partial charge in [0, 0.05) is 5.41 Å². The molecule has 0 saturated carbocycles. The smallest absolute Gasteiger partial charge is 0.0252 e. The highest BCUT2D eigenvalue weighted by atomic mass is 14.5. The second-order valence-electron chi connectivity index (χ2n) is 8.10. The zero-order chi connectivity index (χ0) is 17.9. The lowest BCUT2D eigenvalue weighted by molar-refractivity contribution is 0.406. The van der Waals surface area contributed by atoms with Gasteiger partial charge in [-0.25, -0.2) is 0 Å². The molecule has 0 N–H and O–H groups in total. The number of allylic oxidation sites excluding steroid dienone is 1. The Morgan fingerprint density at radius 3 is 2.35 bits per heavy atom. The van der Waals surface area contributed by atoms with E-state index in [1.165, 1.54) is 39.0 Å². The fourth-order valence-electron chi connectivity index (χ4n) is 5.35. The Morgan fingerprint density at radius 1 is 0.808 bits per heavy atom. The van der Waals surface area contributed by atoms with Gasteiger partial charge >= 0.3 is 0 Å². The monoisotopic (exact) mass is 336 g/mol. The Kier molecular flexibility index (Phi) is 3.28. The lowest BCUT2D eigenvalue weighted by Gasteiger charge is -2.39. The maximum Gasteiger partial charge on any atom is 0.0252 e. The van der Waals surface area contributed by atoms with Gasteiger partial charge < -0.3 is 0 Å². The van der Waals surface area contributed by atoms with E-state index in [2.05, 4.69) is 99.6 Å². The summed E-state index contributed by atoms with van der Waals surface area (Å²) in [7, 11) is 0. The van der Waals surface area contributed by atoms with Crippen LogP contribution in [0.15, 0.2) is 78.9 Å². The highest BCUT2D eigenvalue weighted by Crippen LogP contribution is 2.59. The number of benzene rings is 3. The van der Waals surface area contributed by atoms with Crippen LogP contribution >= 0.6 is 0 Å². The van der Waals surface area contributed by atoms with Gasteiger partial charge in [0.05, 0.1) is 0 Å². The molecular formula is C26H24. The summed E-state index contributed by atoms with van der Waals surface area (Å²) in [6.45, 7) is 7.06. The highest BCUT2D eigenvalue weighted by Gasteiger charge is 2.50. The van der Waals surface area contributed by atoms with E-state index in [0.717, 1.165) is 0 Å². The molecule has 3 aromatic rings. The molecule has 0 saturated heterocycles. The van der Waals surface area contributed by atoms with E-state index in [1.807, 2.05) is 0 Å². The van der Waals surface area contributed by atoms with Crippen LogP contribution in [0.5, 0.6) is 0 Å². The van der Waals surface area contributed by atoms with E-state index >= 15 is 0 Å². The summed E-state index contributed by atoms with van der Waals surface area (Å²) in [6, 6.07) is 26.9. The van der Waals surface area contributed by atoms with Crippen molar-refractivity contribution in [1.29, 1.82) is 0 Å². The number of aryl methyl sites for hydroxylation is 1. The van der Waals surface area contributed by atoms with E-state index in [0.29, 0.717) is 11.8 Å². The van der Waals surface area contributed by atoms with Crippen LogP contribution in [0.2, 0.25) is 0 Å². The zero-order valence-electron chi connectivity index (χ0n) is 15.7. The third-order valence-corrected chi connectivity index (χ3v) is 6.67. The van der Waals surface area contributed by atoms with Gasteiger partial charge in [0.2, 0.25) is 0 Å². The molecule has 26 heavy (non-hydrogen) atoms. The standard InChI is InChI=1S/C26H24/c1-17-13-14-24-21(15-17)18(2)25-16-22(19-9-5-4-6-10-19)20-11-7-8-12-23(20)26(24,25)3/h4-16,18,25H,1-3H3/t18-,25+,26-/m1/s1. The third kappa shape index (κ3) is 1.96. The number of rotatable bonds is 1. The van der Waals surface area contributed by atoms with Gasteiger partial charge in [0.15, 0.2) is 0 Å². The third-order valence-electron chi connectivity index (χ3n) is 6.67.